The largest absolute Gasteiger partial charge is 0.398 e. The van der Waals surface area contributed by atoms with Gasteiger partial charge in [0.05, 0.1) is 5.69 Å². The van der Waals surface area contributed by atoms with Gasteiger partial charge in [0.25, 0.3) is 0 Å². The summed E-state index contributed by atoms with van der Waals surface area (Å²) < 4.78 is 2.69. The Labute approximate surface area is 124 Å². The number of aryl methyl sites for hydroxylation is 1. The number of para-hydroxylation sites is 1. The third-order valence-electron chi connectivity index (χ3n) is 3.07. The first-order valence-electron chi connectivity index (χ1n) is 6.06. The van der Waals surface area contributed by atoms with Crippen LogP contribution >= 0.6 is 15.9 Å². The zero-order valence-corrected chi connectivity index (χ0v) is 12.4. The van der Waals surface area contributed by atoms with E-state index in [1.54, 1.807) is 4.68 Å². The molecule has 0 amide bonds. The zero-order valence-electron chi connectivity index (χ0n) is 10.8. The lowest BCUT2D eigenvalue weighted by molar-refractivity contribution is 0.790. The van der Waals surface area contributed by atoms with Crippen LogP contribution in [0.4, 0.5) is 5.69 Å². The van der Waals surface area contributed by atoms with Gasteiger partial charge in [-0.1, -0.05) is 34.1 Å². The molecule has 5 nitrogen and oxygen atoms in total. The fraction of sp³-hybridized carbons (Fsp3) is 0.0714. The fourth-order valence-corrected chi connectivity index (χ4v) is 2.31. The fourth-order valence-electron chi connectivity index (χ4n) is 1.94. The molecular formula is C14H12BrN5. The molecule has 0 aliphatic heterocycles. The smallest absolute Gasteiger partial charge is 0.189 e. The predicted octanol–water partition coefficient (Wildman–Crippen LogP) is 2.98. The van der Waals surface area contributed by atoms with Gasteiger partial charge in [-0.05, 0) is 47.2 Å². The Morgan fingerprint density at radius 2 is 1.95 bits per heavy atom. The molecule has 0 aliphatic carbocycles. The number of nitrogens with zero attached hydrogens (tertiary/aromatic N) is 4. The van der Waals surface area contributed by atoms with Crippen LogP contribution in [0.25, 0.3) is 17.1 Å². The van der Waals surface area contributed by atoms with E-state index in [2.05, 4.69) is 31.5 Å². The van der Waals surface area contributed by atoms with E-state index in [-0.39, 0.29) is 0 Å². The molecule has 3 rings (SSSR count). The monoisotopic (exact) mass is 329 g/mol. The molecule has 0 spiro atoms. The predicted molar refractivity (Wildman–Crippen MR) is 81.4 cm³/mol. The molecule has 0 fully saturated rings. The average molecular weight is 330 g/mol. The van der Waals surface area contributed by atoms with Crippen LogP contribution in [0.2, 0.25) is 0 Å². The number of hydrogen-bond acceptors (Lipinski definition) is 4. The van der Waals surface area contributed by atoms with E-state index in [0.29, 0.717) is 11.5 Å². The van der Waals surface area contributed by atoms with Crippen molar-refractivity contribution in [1.82, 2.24) is 20.2 Å². The Morgan fingerprint density at radius 3 is 2.70 bits per heavy atom. The molecule has 0 saturated carbocycles. The van der Waals surface area contributed by atoms with E-state index < -0.39 is 0 Å². The number of aromatic nitrogens is 4. The lowest BCUT2D eigenvalue weighted by Gasteiger charge is -2.08. The molecule has 1 aromatic heterocycles. The minimum Gasteiger partial charge on any atom is -0.398 e. The van der Waals surface area contributed by atoms with Gasteiger partial charge in [-0.3, -0.25) is 0 Å². The Hall–Kier alpha value is -2.21. The second-order valence-electron chi connectivity index (χ2n) is 4.44. The first-order chi connectivity index (χ1) is 9.66. The van der Waals surface area contributed by atoms with Gasteiger partial charge in [-0.15, -0.1) is 5.10 Å². The van der Waals surface area contributed by atoms with Crippen LogP contribution in [0.5, 0.6) is 0 Å². The van der Waals surface area contributed by atoms with Crippen molar-refractivity contribution in [2.24, 2.45) is 0 Å². The van der Waals surface area contributed by atoms with Crippen molar-refractivity contribution in [3.8, 4) is 17.1 Å². The summed E-state index contributed by atoms with van der Waals surface area (Å²) in [5.74, 6) is 0.624. The van der Waals surface area contributed by atoms with Crippen molar-refractivity contribution in [2.45, 2.75) is 6.92 Å². The van der Waals surface area contributed by atoms with Crippen LogP contribution in [0.1, 0.15) is 5.56 Å². The van der Waals surface area contributed by atoms with E-state index in [1.807, 2.05) is 49.4 Å². The molecule has 0 atom stereocenters. The Kier molecular flexibility index (Phi) is 3.23. The van der Waals surface area contributed by atoms with Crippen molar-refractivity contribution in [1.29, 1.82) is 0 Å². The summed E-state index contributed by atoms with van der Waals surface area (Å²) in [4.78, 5) is 0. The van der Waals surface area contributed by atoms with Crippen LogP contribution < -0.4 is 5.73 Å². The second-order valence-corrected chi connectivity index (χ2v) is 5.29. The quantitative estimate of drug-likeness (QED) is 0.734. The van der Waals surface area contributed by atoms with Crippen molar-refractivity contribution >= 4 is 21.6 Å². The number of halogens is 1. The number of nitrogen functional groups attached to an aromatic ring is 1. The summed E-state index contributed by atoms with van der Waals surface area (Å²) in [6, 6.07) is 13.5. The average Bonchev–Trinajstić information content (AvgIpc) is 2.91. The summed E-state index contributed by atoms with van der Waals surface area (Å²) in [5.41, 5.74) is 9.49. The second kappa shape index (κ2) is 5.05. The Bertz CT molecular complexity index is 766. The molecular weight excluding hydrogens is 318 g/mol. The number of anilines is 1. The summed E-state index contributed by atoms with van der Waals surface area (Å²) in [6.07, 6.45) is 0. The molecule has 2 aromatic carbocycles. The van der Waals surface area contributed by atoms with Gasteiger partial charge in [0, 0.05) is 15.7 Å². The van der Waals surface area contributed by atoms with E-state index in [0.717, 1.165) is 21.3 Å². The molecule has 0 unspecified atom stereocenters. The molecule has 0 bridgehead atoms. The van der Waals surface area contributed by atoms with Crippen molar-refractivity contribution in [3.63, 3.8) is 0 Å². The van der Waals surface area contributed by atoms with Crippen molar-refractivity contribution in [2.75, 3.05) is 5.73 Å². The standard InChI is InChI=1S/C14H12BrN5/c1-9-6-7-10(8-12(9)15)20-14(17-18-19-20)11-4-2-3-5-13(11)16/h2-8H,16H2,1H3. The van der Waals surface area contributed by atoms with E-state index >= 15 is 0 Å². The Morgan fingerprint density at radius 1 is 1.15 bits per heavy atom. The van der Waals surface area contributed by atoms with Crippen LogP contribution in [0, 0.1) is 6.92 Å². The third kappa shape index (κ3) is 2.18. The van der Waals surface area contributed by atoms with Gasteiger partial charge < -0.3 is 5.73 Å². The summed E-state index contributed by atoms with van der Waals surface area (Å²) in [5, 5.41) is 11.9. The normalized spacial score (nSPS) is 10.7. The first kappa shape index (κ1) is 12.8. The van der Waals surface area contributed by atoms with Gasteiger partial charge in [0.15, 0.2) is 5.82 Å². The number of tetrazole rings is 1. The molecule has 3 aromatic rings. The van der Waals surface area contributed by atoms with Crippen LogP contribution in [0.15, 0.2) is 46.9 Å². The zero-order chi connectivity index (χ0) is 14.1. The van der Waals surface area contributed by atoms with Crippen molar-refractivity contribution in [3.05, 3.63) is 52.5 Å². The minimum absolute atomic E-state index is 0.624. The number of nitrogens with two attached hydrogens (primary N) is 1. The minimum atomic E-state index is 0.624. The Balaban J connectivity index is 2.15. The SMILES string of the molecule is Cc1ccc(-n2nnnc2-c2ccccc2N)cc1Br. The van der Waals surface area contributed by atoms with Gasteiger partial charge in [0.1, 0.15) is 0 Å². The maximum Gasteiger partial charge on any atom is 0.189 e. The lowest BCUT2D eigenvalue weighted by Crippen LogP contribution is -2.01. The topological polar surface area (TPSA) is 69.6 Å². The highest BCUT2D eigenvalue weighted by Crippen LogP contribution is 2.26. The van der Waals surface area contributed by atoms with Crippen LogP contribution in [-0.4, -0.2) is 20.2 Å². The van der Waals surface area contributed by atoms with Gasteiger partial charge >= 0.3 is 0 Å². The molecule has 2 N–H and O–H groups in total. The highest BCUT2D eigenvalue weighted by molar-refractivity contribution is 9.10. The van der Waals surface area contributed by atoms with Gasteiger partial charge in [-0.2, -0.15) is 4.68 Å². The maximum atomic E-state index is 5.99. The number of hydrogen-bond donors (Lipinski definition) is 1. The lowest BCUT2D eigenvalue weighted by atomic mass is 10.1. The van der Waals surface area contributed by atoms with E-state index in [9.17, 15) is 0 Å². The van der Waals surface area contributed by atoms with Gasteiger partial charge in [0.2, 0.25) is 0 Å². The summed E-state index contributed by atoms with van der Waals surface area (Å²) in [7, 11) is 0. The molecule has 6 heteroatoms. The van der Waals surface area contributed by atoms with Gasteiger partial charge in [-0.25, -0.2) is 0 Å². The molecule has 1 heterocycles. The van der Waals surface area contributed by atoms with Crippen LogP contribution in [-0.2, 0) is 0 Å². The molecule has 0 aliphatic rings. The maximum absolute atomic E-state index is 5.99. The highest BCUT2D eigenvalue weighted by atomic mass is 79.9. The summed E-state index contributed by atoms with van der Waals surface area (Å²) >= 11 is 3.52. The number of benzene rings is 2. The van der Waals surface area contributed by atoms with Crippen LogP contribution in [0.3, 0.4) is 0 Å². The van der Waals surface area contributed by atoms with Crippen molar-refractivity contribution < 1.29 is 0 Å². The molecule has 0 saturated heterocycles. The summed E-state index contributed by atoms with van der Waals surface area (Å²) in [6.45, 7) is 2.03. The third-order valence-corrected chi connectivity index (χ3v) is 3.93. The number of rotatable bonds is 2. The molecule has 20 heavy (non-hydrogen) atoms. The first-order valence-corrected chi connectivity index (χ1v) is 6.86. The van der Waals surface area contributed by atoms with E-state index in [4.69, 9.17) is 5.73 Å². The van der Waals surface area contributed by atoms with E-state index in [1.165, 1.54) is 0 Å². The highest BCUT2D eigenvalue weighted by Gasteiger charge is 2.13. The molecule has 0 radical (unpaired) electrons. The molecule has 100 valence electrons.